The highest BCUT2D eigenvalue weighted by atomic mass is 35.5. The first-order chi connectivity index (χ1) is 24.8. The van der Waals surface area contributed by atoms with E-state index < -0.39 is 17.8 Å². The molecule has 1 saturated heterocycles. The Hall–Kier alpha value is -5.66. The summed E-state index contributed by atoms with van der Waals surface area (Å²) in [5.74, 6) is -0.891. The molecule has 3 heterocycles. The molecule has 1 fully saturated rings. The standard InChI is InChI=1S/C43H36ClN3O4/c1-27-12-14-28(15-13-27)26-51-39-17-16-32(44)22-31(39)23-38-41(48)45-43(50)47(42(38)49)33-24-36-34(29-8-4-2-5-9-29)18-20-46-21-19-35(37(25-33)40(36)46)30-10-6-3-7-11-30/h2-17,22-25,34-35H,18-21,26H2,1H3,(H,45,48,50)/b38-23+/t34-,35+. The van der Waals surface area contributed by atoms with Crippen molar-refractivity contribution in [3.63, 3.8) is 0 Å². The third-order valence-corrected chi connectivity index (χ3v) is 10.4. The van der Waals surface area contributed by atoms with Crippen LogP contribution in [-0.4, -0.2) is 30.9 Å². The smallest absolute Gasteiger partial charge is 0.335 e. The van der Waals surface area contributed by atoms with Gasteiger partial charge in [0.15, 0.2) is 0 Å². The Bertz CT molecular complexity index is 2110. The summed E-state index contributed by atoms with van der Waals surface area (Å²) in [5.41, 5.74) is 8.48. The van der Waals surface area contributed by atoms with Crippen LogP contribution in [0.15, 0.2) is 121 Å². The van der Waals surface area contributed by atoms with Crippen molar-refractivity contribution in [3.8, 4) is 5.75 Å². The molecule has 8 heteroatoms. The summed E-state index contributed by atoms with van der Waals surface area (Å²) in [5, 5.41) is 2.84. The molecule has 3 aliphatic rings. The number of benzene rings is 5. The van der Waals surface area contributed by atoms with Crippen LogP contribution < -0.4 is 19.9 Å². The topological polar surface area (TPSA) is 79.0 Å². The average Bonchev–Trinajstić information content (AvgIpc) is 3.14. The van der Waals surface area contributed by atoms with Gasteiger partial charge in [-0.15, -0.1) is 0 Å². The third kappa shape index (κ3) is 6.30. The van der Waals surface area contributed by atoms with E-state index in [0.29, 0.717) is 22.0 Å². The van der Waals surface area contributed by atoms with Crippen molar-refractivity contribution in [1.82, 2.24) is 5.32 Å². The van der Waals surface area contributed by atoms with E-state index >= 15 is 0 Å². The molecule has 4 amide bonds. The minimum absolute atomic E-state index is 0.0740. The number of urea groups is 1. The lowest BCUT2D eigenvalue weighted by Gasteiger charge is -2.44. The van der Waals surface area contributed by atoms with Crippen LogP contribution in [0.5, 0.6) is 5.75 Å². The van der Waals surface area contributed by atoms with E-state index in [2.05, 4.69) is 34.5 Å². The Morgan fingerprint density at radius 3 is 2.00 bits per heavy atom. The summed E-state index contributed by atoms with van der Waals surface area (Å²) >= 11 is 6.40. The maximum absolute atomic E-state index is 14.4. The largest absolute Gasteiger partial charge is 0.488 e. The minimum Gasteiger partial charge on any atom is -0.488 e. The van der Waals surface area contributed by atoms with Crippen LogP contribution in [0.4, 0.5) is 16.2 Å². The van der Waals surface area contributed by atoms with Gasteiger partial charge in [0.1, 0.15) is 17.9 Å². The molecule has 0 spiro atoms. The van der Waals surface area contributed by atoms with Crippen LogP contribution in [0.3, 0.4) is 0 Å². The normalized spacial score (nSPS) is 19.2. The number of ether oxygens (including phenoxy) is 1. The number of hydrogen-bond acceptors (Lipinski definition) is 5. The number of nitrogens with zero attached hydrogens (tertiary/aromatic N) is 2. The second kappa shape index (κ2) is 13.6. The van der Waals surface area contributed by atoms with Gasteiger partial charge in [0.05, 0.1) is 5.69 Å². The van der Waals surface area contributed by atoms with Crippen LogP contribution in [0.25, 0.3) is 6.08 Å². The number of barbiturate groups is 1. The molecule has 0 saturated carbocycles. The van der Waals surface area contributed by atoms with Crippen LogP contribution in [0, 0.1) is 6.92 Å². The van der Waals surface area contributed by atoms with Crippen LogP contribution in [-0.2, 0) is 16.2 Å². The van der Waals surface area contributed by atoms with E-state index in [1.54, 1.807) is 18.2 Å². The maximum Gasteiger partial charge on any atom is 0.335 e. The molecule has 0 aliphatic carbocycles. The Kier molecular flexibility index (Phi) is 8.66. The van der Waals surface area contributed by atoms with E-state index in [0.717, 1.165) is 53.1 Å². The Balaban J connectivity index is 1.21. The zero-order valence-electron chi connectivity index (χ0n) is 28.1. The number of rotatable bonds is 7. The van der Waals surface area contributed by atoms with Crippen molar-refractivity contribution >= 4 is 46.9 Å². The number of nitrogens with one attached hydrogen (secondary N) is 1. The molecule has 8 rings (SSSR count). The molecule has 3 aliphatic heterocycles. The summed E-state index contributed by atoms with van der Waals surface area (Å²) in [4.78, 5) is 45.0. The second-order valence-electron chi connectivity index (χ2n) is 13.4. The number of halogens is 1. The molecule has 7 nitrogen and oxygen atoms in total. The van der Waals surface area contributed by atoms with Gasteiger partial charge in [-0.25, -0.2) is 9.69 Å². The van der Waals surface area contributed by atoms with E-state index in [4.69, 9.17) is 16.3 Å². The van der Waals surface area contributed by atoms with Crippen molar-refractivity contribution in [2.45, 2.75) is 38.2 Å². The molecular weight excluding hydrogens is 658 g/mol. The predicted molar refractivity (Wildman–Crippen MR) is 200 cm³/mol. The first-order valence-electron chi connectivity index (χ1n) is 17.3. The lowest BCUT2D eigenvalue weighted by atomic mass is 9.76. The molecule has 1 N–H and O–H groups in total. The summed E-state index contributed by atoms with van der Waals surface area (Å²) in [7, 11) is 0. The fourth-order valence-corrected chi connectivity index (χ4v) is 7.81. The SMILES string of the molecule is Cc1ccc(COc2ccc(Cl)cc2/C=C2\C(=O)NC(=O)N(c3cc4c5c(c3)[C@H](c3ccccc3)CCN5CC[C@@H]4c3ccccc3)C2=O)cc1. The highest BCUT2D eigenvalue weighted by Gasteiger charge is 2.40. The Labute approximate surface area is 302 Å². The van der Waals surface area contributed by atoms with Gasteiger partial charge < -0.3 is 9.64 Å². The first kappa shape index (κ1) is 32.5. The number of amides is 4. The number of carbonyl (C=O) groups is 3. The summed E-state index contributed by atoms with van der Waals surface area (Å²) in [6, 6.07) is 37.0. The minimum atomic E-state index is -0.785. The zero-order valence-corrected chi connectivity index (χ0v) is 28.9. The molecule has 5 aromatic rings. The van der Waals surface area contributed by atoms with Gasteiger partial charge in [0.25, 0.3) is 11.8 Å². The van der Waals surface area contributed by atoms with E-state index in [1.165, 1.54) is 22.9 Å². The Morgan fingerprint density at radius 2 is 1.39 bits per heavy atom. The van der Waals surface area contributed by atoms with Crippen LogP contribution in [0.2, 0.25) is 5.02 Å². The van der Waals surface area contributed by atoms with Crippen molar-refractivity contribution in [3.05, 3.63) is 165 Å². The molecule has 0 bridgehead atoms. The van der Waals surface area contributed by atoms with Gasteiger partial charge in [-0.2, -0.15) is 0 Å². The summed E-state index contributed by atoms with van der Waals surface area (Å²) < 4.78 is 6.15. The predicted octanol–water partition coefficient (Wildman–Crippen LogP) is 8.77. The van der Waals surface area contributed by atoms with Gasteiger partial charge >= 0.3 is 6.03 Å². The number of aryl methyl sites for hydroxylation is 1. The molecular formula is C43H36ClN3O4. The van der Waals surface area contributed by atoms with E-state index in [1.807, 2.05) is 79.7 Å². The van der Waals surface area contributed by atoms with Crippen molar-refractivity contribution < 1.29 is 19.1 Å². The molecule has 51 heavy (non-hydrogen) atoms. The zero-order chi connectivity index (χ0) is 35.1. The molecule has 0 radical (unpaired) electrons. The van der Waals surface area contributed by atoms with Gasteiger partial charge in [0, 0.05) is 41.2 Å². The molecule has 0 aromatic heterocycles. The van der Waals surface area contributed by atoms with E-state index in [-0.39, 0.29) is 24.0 Å². The number of imide groups is 2. The summed E-state index contributed by atoms with van der Waals surface area (Å²) in [6.45, 7) is 4.13. The molecule has 5 aromatic carbocycles. The number of anilines is 2. The quantitative estimate of drug-likeness (QED) is 0.136. The highest BCUT2D eigenvalue weighted by molar-refractivity contribution is 6.39. The second-order valence-corrected chi connectivity index (χ2v) is 13.8. The molecule has 254 valence electrons. The Morgan fingerprint density at radius 1 is 0.784 bits per heavy atom. The van der Waals surface area contributed by atoms with Crippen molar-refractivity contribution in [2.75, 3.05) is 22.9 Å². The van der Waals surface area contributed by atoms with Crippen molar-refractivity contribution in [1.29, 1.82) is 0 Å². The summed E-state index contributed by atoms with van der Waals surface area (Å²) in [6.07, 6.45) is 3.26. The lowest BCUT2D eigenvalue weighted by molar-refractivity contribution is -0.122. The molecule has 0 unspecified atom stereocenters. The van der Waals surface area contributed by atoms with Gasteiger partial charge in [-0.05, 0) is 84.0 Å². The van der Waals surface area contributed by atoms with Gasteiger partial charge in [0.2, 0.25) is 0 Å². The average molecular weight is 694 g/mol. The van der Waals surface area contributed by atoms with Gasteiger partial charge in [-0.1, -0.05) is 102 Å². The van der Waals surface area contributed by atoms with Gasteiger partial charge in [-0.3, -0.25) is 14.9 Å². The fourth-order valence-electron chi connectivity index (χ4n) is 7.63. The first-order valence-corrected chi connectivity index (χ1v) is 17.6. The van der Waals surface area contributed by atoms with Crippen LogP contribution in [0.1, 0.15) is 63.6 Å². The molecule has 2 atom stereocenters. The van der Waals surface area contributed by atoms with E-state index in [9.17, 15) is 14.4 Å². The number of carbonyl (C=O) groups excluding carboxylic acids is 3. The maximum atomic E-state index is 14.4. The van der Waals surface area contributed by atoms with Crippen molar-refractivity contribution in [2.24, 2.45) is 0 Å². The fraction of sp³-hybridized carbons (Fsp3) is 0.186. The highest BCUT2D eigenvalue weighted by Crippen LogP contribution is 2.50. The van der Waals surface area contributed by atoms with Crippen LogP contribution >= 0.6 is 11.6 Å². The monoisotopic (exact) mass is 693 g/mol. The number of hydrogen-bond donors (Lipinski definition) is 1. The lowest BCUT2D eigenvalue weighted by Crippen LogP contribution is -2.54. The third-order valence-electron chi connectivity index (χ3n) is 10.1.